The molecule has 92 heavy (non-hydrogen) atoms. The van der Waals surface area contributed by atoms with Gasteiger partial charge in [-0.15, -0.1) is 23.5 Å². The minimum atomic E-state index is -4.44. The zero-order chi connectivity index (χ0) is 65.9. The molecule has 17 rings (SSSR count). The minimum absolute atomic E-state index is 0.0186. The summed E-state index contributed by atoms with van der Waals surface area (Å²) in [5, 5.41) is 0. The Kier molecular flexibility index (Phi) is 17.0. The average Bonchev–Trinajstić information content (AvgIpc) is 0.980. The molecule has 6 atom stereocenters. The van der Waals surface area contributed by atoms with Crippen molar-refractivity contribution in [2.75, 3.05) is 57.8 Å². The summed E-state index contributed by atoms with van der Waals surface area (Å²) in [6, 6.07) is 18.4. The number of hydrogen-bond donors (Lipinski definition) is 0. The number of thioether (sulfide) groups is 2. The molecule has 3 spiro atoms. The fourth-order valence-electron chi connectivity index (χ4n) is 19.3. The molecular weight excluding hydrogens is 1370 g/mol. The van der Waals surface area contributed by atoms with Gasteiger partial charge in [-0.3, -0.25) is 14.4 Å². The molecule has 15 aliphatic rings. The van der Waals surface area contributed by atoms with E-state index in [1.807, 2.05) is 0 Å². The zero-order valence-corrected chi connectivity index (χ0v) is 57.1. The molecular formula is C69H86F10IO10S2-. The Balaban J connectivity index is 0.000000313. The van der Waals surface area contributed by atoms with E-state index >= 15 is 0 Å². The van der Waals surface area contributed by atoms with Crippen molar-refractivity contribution in [2.24, 2.45) is 74.9 Å². The third-order valence-corrected chi connectivity index (χ3v) is 30.7. The quantitative estimate of drug-likeness (QED) is 0.0923. The molecule has 0 aromatic heterocycles. The van der Waals surface area contributed by atoms with Crippen LogP contribution in [0.5, 0.6) is 0 Å². The van der Waals surface area contributed by atoms with Crippen LogP contribution in [0.2, 0.25) is 0 Å². The van der Waals surface area contributed by atoms with Gasteiger partial charge < -0.3 is 33.2 Å². The van der Waals surface area contributed by atoms with Crippen LogP contribution in [0.4, 0.5) is 43.9 Å². The van der Waals surface area contributed by atoms with Crippen LogP contribution in [0.1, 0.15) is 156 Å². The maximum atomic E-state index is 14.7. The topological polar surface area (TPSA) is 116 Å². The molecule has 2 aromatic rings. The van der Waals surface area contributed by atoms with Gasteiger partial charge in [0.25, 0.3) is 5.92 Å². The molecule has 2 aromatic carbocycles. The Morgan fingerprint density at radius 1 is 0.457 bits per heavy atom. The van der Waals surface area contributed by atoms with E-state index in [4.69, 9.17) is 33.2 Å². The van der Waals surface area contributed by atoms with Gasteiger partial charge in [-0.1, -0.05) is 0 Å². The van der Waals surface area contributed by atoms with Crippen molar-refractivity contribution in [3.05, 3.63) is 66.8 Å². The van der Waals surface area contributed by atoms with Gasteiger partial charge in [0.05, 0.1) is 25.7 Å². The van der Waals surface area contributed by atoms with Crippen molar-refractivity contribution in [3.8, 4) is 0 Å². The van der Waals surface area contributed by atoms with Crippen molar-refractivity contribution < 1.29 is 113 Å². The van der Waals surface area contributed by atoms with Crippen molar-refractivity contribution in [2.45, 2.75) is 201 Å². The molecule has 10 nitrogen and oxygen atoms in total. The van der Waals surface area contributed by atoms with Crippen LogP contribution in [-0.2, 0) is 58.4 Å². The summed E-state index contributed by atoms with van der Waals surface area (Å²) < 4.78 is 187. The van der Waals surface area contributed by atoms with E-state index in [2.05, 4.69) is 90.1 Å². The van der Waals surface area contributed by atoms with Crippen molar-refractivity contribution in [1.29, 1.82) is 0 Å². The molecule has 3 aliphatic heterocycles. The van der Waals surface area contributed by atoms with Crippen molar-refractivity contribution in [1.82, 2.24) is 0 Å². The van der Waals surface area contributed by atoms with E-state index in [1.165, 1.54) is 18.3 Å². The van der Waals surface area contributed by atoms with E-state index in [0.29, 0.717) is 76.2 Å². The van der Waals surface area contributed by atoms with Crippen LogP contribution in [0.15, 0.2) is 48.5 Å². The molecule has 0 N–H and O–H groups in total. The molecule has 6 unspecified atom stereocenters. The van der Waals surface area contributed by atoms with E-state index in [-0.39, 0.29) is 105 Å². The average molecular weight is 1460 g/mol. The maximum Gasteiger partial charge on any atom is 0.335 e. The molecule has 12 saturated carbocycles. The van der Waals surface area contributed by atoms with Crippen LogP contribution < -0.4 is 21.2 Å². The first-order valence-corrected chi connectivity index (χ1v) is 37.0. The summed E-state index contributed by atoms with van der Waals surface area (Å²) in [5.74, 6) is -27.4. The molecule has 3 saturated heterocycles. The number of esters is 3. The van der Waals surface area contributed by atoms with Crippen LogP contribution in [0, 0.1) is 82.1 Å². The SMILES string of the molecule is CC(C)(C)c1ccc([I-]c2ccc(C(C)(C)C)cc2)cc1.CC(F)(F)COC(=O)C12CC3CC(C1)C1(SCC(COC(=O)C45CC6CC(C4)C4(OCC(F)(F)C(F)(F)CO4)C(C6)C5)(COC(=O)C45CC6CC(C4)C4(OCC(F)(F)C(F)(F)CO4)C(C6)C5)CS1)C(C3)C2. The summed E-state index contributed by atoms with van der Waals surface area (Å²) >= 11 is 3.31. The summed E-state index contributed by atoms with van der Waals surface area (Å²) in [5.41, 5.74) is -0.613. The van der Waals surface area contributed by atoms with Crippen LogP contribution >= 0.6 is 23.5 Å². The summed E-state index contributed by atoms with van der Waals surface area (Å²) in [6.07, 6.45) is 6.48. The fourth-order valence-corrected chi connectivity index (χ4v) is 25.6. The Labute approximate surface area is 551 Å². The van der Waals surface area contributed by atoms with E-state index in [9.17, 15) is 58.3 Å². The summed E-state index contributed by atoms with van der Waals surface area (Å²) in [7, 11) is 0. The Morgan fingerprint density at radius 3 is 1.05 bits per heavy atom. The number of ether oxygens (including phenoxy) is 7. The van der Waals surface area contributed by atoms with Gasteiger partial charge in [-0.05, 0) is 126 Å². The Bertz CT molecular complexity index is 2890. The van der Waals surface area contributed by atoms with Gasteiger partial charge in [0.2, 0.25) is 0 Å². The molecule has 23 heteroatoms. The zero-order valence-electron chi connectivity index (χ0n) is 53.3. The van der Waals surface area contributed by atoms with E-state index in [1.54, 1.807) is 23.5 Å². The standard InChI is InChI=1S/C49H60F10O10S2.C20H26I/c1-38(50,51)17-63-35(60)42-10-28-6-33(15-42)49(34(7-28)16-42)70-24-39(25-71-49,18-64-36(61)40-8-26-2-29(11-40)47(30(3-26)12-40)66-20-43(52,53)44(54,55)21-67-47)19-65-37(62)41-9-27-4-31(13-41)48(32(5-27)14-41)68-22-45(56,57)46(58,59)23-69-48;1-19(2,3)15-7-11-17(12-8-15)21-18-13-9-16(10-14-18)20(4,5)6/h26-34H,2-25H2,1H3;7-14H,1-6H3/q;-1. The second-order valence-corrected chi connectivity index (χ2v) is 38.3. The largest absolute Gasteiger partial charge is 0.464 e. The number of rotatable bonds is 11. The van der Waals surface area contributed by atoms with Gasteiger partial charge in [0.1, 0.15) is 39.6 Å². The molecule has 0 radical (unpaired) electrons. The van der Waals surface area contributed by atoms with Gasteiger partial charge in [-0.2, -0.15) is 35.1 Å². The number of carbonyl (C=O) groups excluding carboxylic acids is 3. The first kappa shape index (κ1) is 68.0. The second kappa shape index (κ2) is 23.0. The first-order chi connectivity index (χ1) is 42.8. The van der Waals surface area contributed by atoms with Crippen LogP contribution in [-0.4, -0.2) is 121 Å². The van der Waals surface area contributed by atoms with E-state index < -0.39 is 137 Å². The predicted molar refractivity (Wildman–Crippen MR) is 318 cm³/mol. The third-order valence-electron chi connectivity index (χ3n) is 23.6. The monoisotopic (exact) mass is 1460 g/mol. The van der Waals surface area contributed by atoms with Gasteiger partial charge in [0.15, 0.2) is 18.2 Å². The van der Waals surface area contributed by atoms with Gasteiger partial charge >= 0.3 is 182 Å². The van der Waals surface area contributed by atoms with Crippen molar-refractivity contribution in [3.63, 3.8) is 0 Å². The molecule has 0 amide bonds. The van der Waals surface area contributed by atoms with Crippen molar-refractivity contribution >= 4 is 41.4 Å². The normalized spacial score (nSPS) is 39.4. The first-order valence-electron chi connectivity index (χ1n) is 32.9. The fraction of sp³-hybridized carbons (Fsp3) is 0.783. The summed E-state index contributed by atoms with van der Waals surface area (Å²) in [4.78, 5) is 42.9. The Hall–Kier alpha value is -2.58. The number of hydrogen-bond acceptors (Lipinski definition) is 12. The third kappa shape index (κ3) is 11.9. The minimum Gasteiger partial charge on any atom is -0.464 e. The Morgan fingerprint density at radius 2 is 0.750 bits per heavy atom. The molecule has 12 aliphatic carbocycles. The molecule has 512 valence electrons. The number of carbonyl (C=O) groups is 3. The van der Waals surface area contributed by atoms with Crippen LogP contribution in [0.25, 0.3) is 0 Å². The predicted octanol–water partition coefficient (Wildman–Crippen LogP) is 12.4. The smallest absolute Gasteiger partial charge is 0.335 e. The number of alkyl halides is 10. The maximum absolute atomic E-state index is 14.7. The van der Waals surface area contributed by atoms with Gasteiger partial charge in [-0.25, -0.2) is 8.78 Å². The summed E-state index contributed by atoms with van der Waals surface area (Å²) in [6.45, 7) is 6.94. The molecule has 3 heterocycles. The number of halogens is 11. The molecule has 15 fully saturated rings. The molecule has 12 bridgehead atoms. The number of benzene rings is 2. The second-order valence-electron chi connectivity index (χ2n) is 32.5. The van der Waals surface area contributed by atoms with E-state index in [0.717, 1.165) is 12.8 Å². The van der Waals surface area contributed by atoms with Crippen LogP contribution in [0.3, 0.4) is 0 Å². The van der Waals surface area contributed by atoms with Gasteiger partial charge in [0, 0.05) is 42.1 Å².